The van der Waals surface area contributed by atoms with Crippen molar-refractivity contribution in [3.8, 4) is 0 Å². The van der Waals surface area contributed by atoms with Crippen LogP contribution < -0.4 is 5.73 Å². The van der Waals surface area contributed by atoms with E-state index in [1.54, 1.807) is 0 Å². The van der Waals surface area contributed by atoms with E-state index in [4.69, 9.17) is 5.73 Å². The molecule has 0 aromatic heterocycles. The molecule has 2 heteroatoms. The Kier molecular flexibility index (Phi) is 26.4. The number of hydrogen-bond donors (Lipinski definition) is 2. The Morgan fingerprint density at radius 2 is 0.833 bits per heavy atom. The number of hydrogen-bond acceptors (Lipinski definition) is 2. The quantitative estimate of drug-likeness (QED) is 0.114. The largest absolute Gasteiger partial charge is 0.388 e. The molecule has 0 bridgehead atoms. The molecule has 0 aliphatic heterocycles. The van der Waals surface area contributed by atoms with Gasteiger partial charge < -0.3 is 10.8 Å². The molecular formula is C28H57NO. The van der Waals surface area contributed by atoms with Crippen LogP contribution in [0.15, 0.2) is 12.2 Å². The lowest BCUT2D eigenvalue weighted by molar-refractivity contribution is 0.231. The second kappa shape index (κ2) is 26.7. The van der Waals surface area contributed by atoms with Crippen molar-refractivity contribution in [3.05, 3.63) is 12.2 Å². The first-order valence-corrected chi connectivity index (χ1v) is 13.9. The van der Waals surface area contributed by atoms with Crippen LogP contribution >= 0.6 is 0 Å². The SMILES string of the molecule is CCCCCCCCCCCCCCCCCCCCCCCCC=CC(O)CN. The van der Waals surface area contributed by atoms with E-state index >= 15 is 0 Å². The Bertz CT molecular complexity index is 329. The smallest absolute Gasteiger partial charge is 0.0843 e. The lowest BCUT2D eigenvalue weighted by Gasteiger charge is -2.04. The molecule has 0 saturated heterocycles. The lowest BCUT2D eigenvalue weighted by atomic mass is 10.0. The third kappa shape index (κ3) is 25.7. The van der Waals surface area contributed by atoms with E-state index in [9.17, 15) is 5.11 Å². The molecule has 0 fully saturated rings. The van der Waals surface area contributed by atoms with Crippen LogP contribution in [-0.2, 0) is 0 Å². The number of unbranched alkanes of at least 4 members (excludes halogenated alkanes) is 22. The summed E-state index contributed by atoms with van der Waals surface area (Å²) >= 11 is 0. The number of aliphatic hydroxyl groups excluding tert-OH is 1. The highest BCUT2D eigenvalue weighted by molar-refractivity contribution is 4.88. The van der Waals surface area contributed by atoms with Gasteiger partial charge in [0, 0.05) is 6.54 Å². The molecule has 180 valence electrons. The summed E-state index contributed by atoms with van der Waals surface area (Å²) in [4.78, 5) is 0. The van der Waals surface area contributed by atoms with Gasteiger partial charge in [0.1, 0.15) is 0 Å². The molecule has 3 N–H and O–H groups in total. The summed E-state index contributed by atoms with van der Waals surface area (Å²) in [5.41, 5.74) is 5.37. The van der Waals surface area contributed by atoms with Gasteiger partial charge in [0.25, 0.3) is 0 Å². The fourth-order valence-corrected chi connectivity index (χ4v) is 4.20. The van der Waals surface area contributed by atoms with E-state index in [-0.39, 0.29) is 0 Å². The molecule has 0 aliphatic carbocycles. The first kappa shape index (κ1) is 29.7. The Hall–Kier alpha value is -0.340. The molecule has 1 unspecified atom stereocenters. The van der Waals surface area contributed by atoms with E-state index in [1.807, 2.05) is 6.08 Å². The highest BCUT2D eigenvalue weighted by atomic mass is 16.3. The van der Waals surface area contributed by atoms with Crippen LogP contribution in [0.25, 0.3) is 0 Å². The average Bonchev–Trinajstić information content (AvgIpc) is 2.76. The minimum atomic E-state index is -0.454. The first-order valence-electron chi connectivity index (χ1n) is 13.9. The minimum absolute atomic E-state index is 0.329. The van der Waals surface area contributed by atoms with E-state index in [2.05, 4.69) is 13.0 Å². The minimum Gasteiger partial charge on any atom is -0.388 e. The highest BCUT2D eigenvalue weighted by Gasteiger charge is 1.96. The van der Waals surface area contributed by atoms with Gasteiger partial charge in [-0.2, -0.15) is 0 Å². The van der Waals surface area contributed by atoms with Gasteiger partial charge in [0.2, 0.25) is 0 Å². The van der Waals surface area contributed by atoms with Gasteiger partial charge in [-0.1, -0.05) is 154 Å². The van der Waals surface area contributed by atoms with Crippen LogP contribution in [0.4, 0.5) is 0 Å². The van der Waals surface area contributed by atoms with E-state index in [1.165, 1.54) is 141 Å². The topological polar surface area (TPSA) is 46.2 Å². The van der Waals surface area contributed by atoms with Crippen molar-refractivity contribution >= 4 is 0 Å². The van der Waals surface area contributed by atoms with Gasteiger partial charge >= 0.3 is 0 Å². The Balaban J connectivity index is 3.04. The van der Waals surface area contributed by atoms with E-state index < -0.39 is 6.10 Å². The standard InChI is InChI=1S/C28H57NO/c1-2-3-4-5-6-7-8-9-10-11-12-13-14-15-16-17-18-19-20-21-22-23-24-25-26-28(30)27-29/h25-26,28,30H,2-24,27,29H2,1H3. The molecular weight excluding hydrogens is 366 g/mol. The van der Waals surface area contributed by atoms with Crippen molar-refractivity contribution in [3.63, 3.8) is 0 Å². The predicted octanol–water partition coefficient (Wildman–Crippen LogP) is 8.85. The zero-order chi connectivity index (χ0) is 22.0. The zero-order valence-electron chi connectivity index (χ0n) is 20.7. The predicted molar refractivity (Wildman–Crippen MR) is 136 cm³/mol. The lowest BCUT2D eigenvalue weighted by Crippen LogP contribution is -2.16. The second-order valence-electron chi connectivity index (χ2n) is 9.44. The molecule has 0 aromatic rings. The molecule has 0 amide bonds. The van der Waals surface area contributed by atoms with Crippen LogP contribution in [0, 0.1) is 0 Å². The van der Waals surface area contributed by atoms with Crippen molar-refractivity contribution in [1.29, 1.82) is 0 Å². The molecule has 0 spiro atoms. The monoisotopic (exact) mass is 423 g/mol. The maximum atomic E-state index is 9.32. The zero-order valence-corrected chi connectivity index (χ0v) is 20.7. The number of aliphatic hydroxyl groups is 1. The van der Waals surface area contributed by atoms with Crippen molar-refractivity contribution < 1.29 is 5.11 Å². The molecule has 0 rings (SSSR count). The highest BCUT2D eigenvalue weighted by Crippen LogP contribution is 2.15. The van der Waals surface area contributed by atoms with Crippen LogP contribution in [0.1, 0.15) is 155 Å². The summed E-state index contributed by atoms with van der Waals surface area (Å²) < 4.78 is 0. The summed E-state index contributed by atoms with van der Waals surface area (Å²) in [5, 5.41) is 9.32. The first-order chi connectivity index (χ1) is 14.8. The summed E-state index contributed by atoms with van der Waals surface area (Å²) in [7, 11) is 0. The van der Waals surface area contributed by atoms with Gasteiger partial charge in [-0.15, -0.1) is 0 Å². The van der Waals surface area contributed by atoms with Crippen molar-refractivity contribution in [2.75, 3.05) is 6.54 Å². The molecule has 0 heterocycles. The average molecular weight is 424 g/mol. The summed E-state index contributed by atoms with van der Waals surface area (Å²) in [6.07, 6.45) is 36.0. The van der Waals surface area contributed by atoms with Gasteiger partial charge in [-0.05, 0) is 12.8 Å². The van der Waals surface area contributed by atoms with Gasteiger partial charge in [-0.3, -0.25) is 0 Å². The molecule has 0 aromatic carbocycles. The maximum Gasteiger partial charge on any atom is 0.0843 e. The summed E-state index contributed by atoms with van der Waals surface area (Å²) in [5.74, 6) is 0. The number of allylic oxidation sites excluding steroid dienone is 1. The third-order valence-corrected chi connectivity index (χ3v) is 6.32. The van der Waals surface area contributed by atoms with Crippen LogP contribution in [0.2, 0.25) is 0 Å². The van der Waals surface area contributed by atoms with Crippen molar-refractivity contribution in [2.45, 2.75) is 161 Å². The molecule has 2 nitrogen and oxygen atoms in total. The summed E-state index contributed by atoms with van der Waals surface area (Å²) in [6.45, 7) is 2.63. The van der Waals surface area contributed by atoms with Crippen molar-refractivity contribution in [1.82, 2.24) is 0 Å². The van der Waals surface area contributed by atoms with Gasteiger partial charge in [0.15, 0.2) is 0 Å². The molecule has 0 aliphatic rings. The second-order valence-corrected chi connectivity index (χ2v) is 9.44. The maximum absolute atomic E-state index is 9.32. The Morgan fingerprint density at radius 1 is 0.533 bits per heavy atom. The fourth-order valence-electron chi connectivity index (χ4n) is 4.20. The fraction of sp³-hybridized carbons (Fsp3) is 0.929. The Labute approximate surface area is 190 Å². The van der Waals surface area contributed by atoms with E-state index in [0.29, 0.717) is 6.54 Å². The molecule has 0 radical (unpaired) electrons. The number of rotatable bonds is 25. The molecule has 1 atom stereocenters. The molecule has 0 saturated carbocycles. The number of nitrogens with two attached hydrogens (primary N) is 1. The normalized spacial score (nSPS) is 12.8. The van der Waals surface area contributed by atoms with Gasteiger partial charge in [-0.25, -0.2) is 0 Å². The Morgan fingerprint density at radius 3 is 1.13 bits per heavy atom. The van der Waals surface area contributed by atoms with Crippen LogP contribution in [-0.4, -0.2) is 17.8 Å². The summed E-state index contributed by atoms with van der Waals surface area (Å²) in [6, 6.07) is 0. The third-order valence-electron chi connectivity index (χ3n) is 6.32. The van der Waals surface area contributed by atoms with Crippen LogP contribution in [0.5, 0.6) is 0 Å². The molecule has 30 heavy (non-hydrogen) atoms. The van der Waals surface area contributed by atoms with Crippen molar-refractivity contribution in [2.24, 2.45) is 5.73 Å². The van der Waals surface area contributed by atoms with E-state index in [0.717, 1.165) is 6.42 Å². The van der Waals surface area contributed by atoms with Gasteiger partial charge in [0.05, 0.1) is 6.10 Å². The van der Waals surface area contributed by atoms with Crippen LogP contribution in [0.3, 0.4) is 0 Å².